The van der Waals surface area contributed by atoms with Crippen molar-refractivity contribution in [2.45, 2.75) is 13.3 Å². The van der Waals surface area contributed by atoms with Crippen LogP contribution in [0.1, 0.15) is 12.0 Å². The lowest BCUT2D eigenvalue weighted by Gasteiger charge is -2.16. The molecule has 0 bridgehead atoms. The quantitative estimate of drug-likeness (QED) is 0.562. The molecule has 1 aromatic heterocycles. The molecule has 0 aliphatic rings. The summed E-state index contributed by atoms with van der Waals surface area (Å²) < 4.78 is 54.1. The fourth-order valence-electron chi connectivity index (χ4n) is 2.95. The van der Waals surface area contributed by atoms with Crippen LogP contribution in [0.25, 0.3) is 10.9 Å². The summed E-state index contributed by atoms with van der Waals surface area (Å²) in [7, 11) is -2.31. The number of anilines is 3. The van der Waals surface area contributed by atoms with Gasteiger partial charge in [-0.25, -0.2) is 17.8 Å². The van der Waals surface area contributed by atoms with Gasteiger partial charge in [-0.1, -0.05) is 11.6 Å². The number of alkyl halides is 1. The molecule has 3 aromatic rings. The summed E-state index contributed by atoms with van der Waals surface area (Å²) in [6, 6.07) is 5.34. The van der Waals surface area contributed by atoms with Crippen molar-refractivity contribution in [2.75, 3.05) is 22.5 Å². The summed E-state index contributed by atoms with van der Waals surface area (Å²) in [5.41, 5.74) is 1.25. The van der Waals surface area contributed by atoms with Crippen LogP contribution in [0.15, 0.2) is 35.4 Å². The Morgan fingerprint density at radius 1 is 1.20 bits per heavy atom. The van der Waals surface area contributed by atoms with Gasteiger partial charge in [0, 0.05) is 12.7 Å². The second kappa shape index (κ2) is 8.57. The SMILES string of the molecule is Cc1c(Nc2cc(F)cc(NS(=O)(=O)CCCF)c2Cl)ccc2ncn(C)c(=O)c12. The minimum atomic E-state index is -3.89. The van der Waals surface area contributed by atoms with Crippen molar-refractivity contribution < 1.29 is 17.2 Å². The average molecular weight is 457 g/mol. The Hall–Kier alpha value is -2.72. The summed E-state index contributed by atoms with van der Waals surface area (Å²) in [6.07, 6.45) is 1.23. The predicted octanol–water partition coefficient (Wildman–Crippen LogP) is 3.88. The van der Waals surface area contributed by atoms with Gasteiger partial charge in [0.25, 0.3) is 5.56 Å². The Balaban J connectivity index is 2.02. The van der Waals surface area contributed by atoms with Crippen LogP contribution in [0.2, 0.25) is 5.02 Å². The highest BCUT2D eigenvalue weighted by Gasteiger charge is 2.17. The number of hydrogen-bond donors (Lipinski definition) is 2. The first kappa shape index (κ1) is 22.0. The van der Waals surface area contributed by atoms with Crippen molar-refractivity contribution in [2.24, 2.45) is 7.05 Å². The van der Waals surface area contributed by atoms with Crippen molar-refractivity contribution in [3.8, 4) is 0 Å². The average Bonchev–Trinajstić information content (AvgIpc) is 2.68. The van der Waals surface area contributed by atoms with Gasteiger partial charge in [-0.2, -0.15) is 0 Å². The Morgan fingerprint density at radius 2 is 1.90 bits per heavy atom. The van der Waals surface area contributed by atoms with Crippen molar-refractivity contribution in [1.82, 2.24) is 9.55 Å². The number of benzene rings is 2. The Labute approximate surface area is 176 Å². The van der Waals surface area contributed by atoms with E-state index in [0.29, 0.717) is 22.2 Å². The fourth-order valence-corrected chi connectivity index (χ4v) is 4.30. The first-order valence-corrected chi connectivity index (χ1v) is 10.9. The predicted molar refractivity (Wildman–Crippen MR) is 114 cm³/mol. The molecule has 7 nitrogen and oxygen atoms in total. The lowest BCUT2D eigenvalue weighted by molar-refractivity contribution is 0.484. The second-order valence-corrected chi connectivity index (χ2v) is 8.92. The normalized spacial score (nSPS) is 11.6. The maximum absolute atomic E-state index is 14.2. The number of fused-ring (bicyclic) bond motifs is 1. The summed E-state index contributed by atoms with van der Waals surface area (Å²) in [4.78, 5) is 16.7. The van der Waals surface area contributed by atoms with E-state index in [2.05, 4.69) is 15.0 Å². The van der Waals surface area contributed by atoms with Crippen LogP contribution >= 0.6 is 11.6 Å². The molecule has 0 atom stereocenters. The molecular formula is C19H19ClF2N4O3S. The van der Waals surface area contributed by atoms with Gasteiger partial charge in [0.05, 0.1) is 46.1 Å². The number of nitrogens with zero attached hydrogens (tertiary/aromatic N) is 2. The van der Waals surface area contributed by atoms with Gasteiger partial charge >= 0.3 is 0 Å². The van der Waals surface area contributed by atoms with Gasteiger partial charge < -0.3 is 9.88 Å². The minimum absolute atomic E-state index is 0.0705. The van der Waals surface area contributed by atoms with E-state index in [9.17, 15) is 22.0 Å². The van der Waals surface area contributed by atoms with E-state index in [1.165, 1.54) is 10.9 Å². The van der Waals surface area contributed by atoms with E-state index in [0.717, 1.165) is 12.1 Å². The summed E-state index contributed by atoms with van der Waals surface area (Å²) in [5, 5.41) is 3.27. The topological polar surface area (TPSA) is 93.1 Å². The molecule has 2 aromatic carbocycles. The Morgan fingerprint density at radius 3 is 2.60 bits per heavy atom. The van der Waals surface area contributed by atoms with Gasteiger partial charge in [-0.05, 0) is 43.2 Å². The molecule has 11 heteroatoms. The van der Waals surface area contributed by atoms with Crippen molar-refractivity contribution in [1.29, 1.82) is 0 Å². The molecule has 1 heterocycles. The fraction of sp³-hybridized carbons (Fsp3) is 0.263. The number of nitrogens with one attached hydrogen (secondary N) is 2. The number of rotatable bonds is 7. The molecule has 3 rings (SSSR count). The maximum Gasteiger partial charge on any atom is 0.261 e. The molecule has 0 saturated carbocycles. The van der Waals surface area contributed by atoms with Crippen molar-refractivity contribution >= 4 is 49.6 Å². The van der Waals surface area contributed by atoms with E-state index < -0.39 is 28.3 Å². The molecule has 2 N–H and O–H groups in total. The molecule has 30 heavy (non-hydrogen) atoms. The first-order valence-electron chi connectivity index (χ1n) is 8.90. The van der Waals surface area contributed by atoms with Crippen LogP contribution in [0.3, 0.4) is 0 Å². The number of aryl methyl sites for hydroxylation is 2. The standard InChI is InChI=1S/C19H19ClF2N4O3S/c1-11-13(4-5-14-17(11)19(27)26(2)10-23-14)24-15-8-12(22)9-16(18(15)20)25-30(28,29)7-3-6-21/h4-5,8-10,24-25H,3,6-7H2,1-2H3. The molecule has 0 fully saturated rings. The van der Waals surface area contributed by atoms with Crippen LogP contribution in [-0.2, 0) is 17.1 Å². The minimum Gasteiger partial charge on any atom is -0.354 e. The van der Waals surface area contributed by atoms with Gasteiger partial charge in [0.1, 0.15) is 5.82 Å². The molecule has 160 valence electrons. The zero-order chi connectivity index (χ0) is 22.1. The molecule has 0 radical (unpaired) electrons. The first-order chi connectivity index (χ1) is 14.1. The van der Waals surface area contributed by atoms with Gasteiger partial charge in [0.15, 0.2) is 0 Å². The monoisotopic (exact) mass is 456 g/mol. The highest BCUT2D eigenvalue weighted by Crippen LogP contribution is 2.35. The molecule has 0 unspecified atom stereocenters. The van der Waals surface area contributed by atoms with E-state index in [-0.39, 0.29) is 28.4 Å². The largest absolute Gasteiger partial charge is 0.354 e. The molecule has 0 saturated heterocycles. The number of sulfonamides is 1. The summed E-state index contributed by atoms with van der Waals surface area (Å²) >= 11 is 6.29. The Bertz CT molecular complexity index is 1280. The van der Waals surface area contributed by atoms with Crippen LogP contribution < -0.4 is 15.6 Å². The molecule has 0 spiro atoms. The third kappa shape index (κ3) is 4.54. The zero-order valence-corrected chi connectivity index (χ0v) is 17.7. The number of halogens is 3. The van der Waals surface area contributed by atoms with Gasteiger partial charge in [0.2, 0.25) is 10.0 Å². The lowest BCUT2D eigenvalue weighted by atomic mass is 10.1. The third-order valence-electron chi connectivity index (χ3n) is 4.47. The van der Waals surface area contributed by atoms with E-state index in [4.69, 9.17) is 11.6 Å². The lowest BCUT2D eigenvalue weighted by Crippen LogP contribution is -2.18. The highest BCUT2D eigenvalue weighted by atomic mass is 35.5. The molecule has 0 aliphatic carbocycles. The summed E-state index contributed by atoms with van der Waals surface area (Å²) in [5.74, 6) is -1.19. The van der Waals surface area contributed by atoms with E-state index >= 15 is 0 Å². The number of aromatic nitrogens is 2. The Kier molecular flexibility index (Phi) is 6.27. The smallest absolute Gasteiger partial charge is 0.261 e. The number of hydrogen-bond acceptors (Lipinski definition) is 5. The van der Waals surface area contributed by atoms with Crippen LogP contribution in [0.5, 0.6) is 0 Å². The summed E-state index contributed by atoms with van der Waals surface area (Å²) in [6.45, 7) is 0.918. The highest BCUT2D eigenvalue weighted by molar-refractivity contribution is 7.92. The van der Waals surface area contributed by atoms with Crippen LogP contribution in [0.4, 0.5) is 25.8 Å². The third-order valence-corrected chi connectivity index (χ3v) is 6.23. The van der Waals surface area contributed by atoms with Crippen molar-refractivity contribution in [3.63, 3.8) is 0 Å². The van der Waals surface area contributed by atoms with Crippen LogP contribution in [-0.4, -0.2) is 30.4 Å². The zero-order valence-electron chi connectivity index (χ0n) is 16.2. The van der Waals surface area contributed by atoms with Gasteiger partial charge in [-0.3, -0.25) is 13.9 Å². The van der Waals surface area contributed by atoms with E-state index in [1.807, 2.05) is 0 Å². The maximum atomic E-state index is 14.2. The van der Waals surface area contributed by atoms with E-state index in [1.54, 1.807) is 26.1 Å². The molecular weight excluding hydrogens is 438 g/mol. The second-order valence-electron chi connectivity index (χ2n) is 6.70. The van der Waals surface area contributed by atoms with Gasteiger partial charge in [-0.15, -0.1) is 0 Å². The molecule has 0 aliphatic heterocycles. The van der Waals surface area contributed by atoms with Crippen molar-refractivity contribution in [3.05, 3.63) is 57.3 Å². The molecule has 0 amide bonds. The van der Waals surface area contributed by atoms with Crippen LogP contribution in [0, 0.1) is 12.7 Å².